The summed E-state index contributed by atoms with van der Waals surface area (Å²) >= 11 is 0. The molecule has 6 heteroatoms. The van der Waals surface area contributed by atoms with Gasteiger partial charge in [-0.15, -0.1) is 0 Å². The maximum absolute atomic E-state index is 11.8. The van der Waals surface area contributed by atoms with Gasteiger partial charge >= 0.3 is 0 Å². The molecule has 1 fully saturated rings. The van der Waals surface area contributed by atoms with Gasteiger partial charge in [-0.25, -0.2) is 0 Å². The third-order valence-corrected chi connectivity index (χ3v) is 3.32. The van der Waals surface area contributed by atoms with Crippen molar-refractivity contribution in [3.8, 4) is 0 Å². The molecule has 17 heavy (non-hydrogen) atoms. The second-order valence-corrected chi connectivity index (χ2v) is 4.54. The maximum atomic E-state index is 11.8. The van der Waals surface area contributed by atoms with E-state index in [-0.39, 0.29) is 5.91 Å². The fourth-order valence-electron chi connectivity index (χ4n) is 2.18. The number of nitrogens with zero attached hydrogens (tertiary/aromatic N) is 2. The van der Waals surface area contributed by atoms with Crippen LogP contribution in [0.3, 0.4) is 0 Å². The van der Waals surface area contributed by atoms with Gasteiger partial charge in [0.05, 0.1) is 11.9 Å². The molecule has 1 aliphatic heterocycles. The zero-order valence-electron chi connectivity index (χ0n) is 10.1. The summed E-state index contributed by atoms with van der Waals surface area (Å²) in [6, 6.07) is 0.428. The average Bonchev–Trinajstić information content (AvgIpc) is 2.74. The monoisotopic (exact) mass is 237 g/mol. The van der Waals surface area contributed by atoms with Crippen molar-refractivity contribution in [1.82, 2.24) is 20.4 Å². The molecule has 0 saturated carbocycles. The number of nitrogen functional groups attached to an aromatic ring is 1. The van der Waals surface area contributed by atoms with E-state index >= 15 is 0 Å². The molecule has 94 valence electrons. The average molecular weight is 237 g/mol. The predicted molar refractivity (Wildman–Crippen MR) is 65.6 cm³/mol. The van der Waals surface area contributed by atoms with Gasteiger partial charge < -0.3 is 16.0 Å². The Morgan fingerprint density at radius 1 is 1.71 bits per heavy atom. The first-order valence-electron chi connectivity index (χ1n) is 5.95. The summed E-state index contributed by atoms with van der Waals surface area (Å²) in [7, 11) is 2.10. The molecule has 6 nitrogen and oxygen atoms in total. The molecule has 0 radical (unpaired) electrons. The first-order chi connectivity index (χ1) is 8.18. The Kier molecular flexibility index (Phi) is 3.63. The molecule has 1 aromatic rings. The van der Waals surface area contributed by atoms with Crippen LogP contribution in [0.2, 0.25) is 0 Å². The minimum Gasteiger partial charge on any atom is -0.396 e. The van der Waals surface area contributed by atoms with Crippen LogP contribution in [0.1, 0.15) is 29.8 Å². The number of hydrogen-bond donors (Lipinski definition) is 3. The van der Waals surface area contributed by atoms with Gasteiger partial charge in [0.15, 0.2) is 0 Å². The topological polar surface area (TPSA) is 87.0 Å². The minimum atomic E-state index is -0.182. The summed E-state index contributed by atoms with van der Waals surface area (Å²) in [6.45, 7) is 1.76. The number of aromatic amines is 1. The number of nitrogens with one attached hydrogen (secondary N) is 2. The van der Waals surface area contributed by atoms with Crippen molar-refractivity contribution in [2.75, 3.05) is 25.9 Å². The van der Waals surface area contributed by atoms with E-state index < -0.39 is 0 Å². The van der Waals surface area contributed by atoms with E-state index in [1.54, 1.807) is 0 Å². The number of carbonyl (C=O) groups is 1. The van der Waals surface area contributed by atoms with Crippen molar-refractivity contribution in [2.24, 2.45) is 0 Å². The number of aromatic nitrogens is 2. The molecule has 1 aliphatic rings. The number of anilines is 1. The quantitative estimate of drug-likeness (QED) is 0.701. The maximum Gasteiger partial charge on any atom is 0.271 e. The predicted octanol–water partition coefficient (Wildman–Crippen LogP) is 0.206. The number of hydrogen-bond acceptors (Lipinski definition) is 4. The van der Waals surface area contributed by atoms with Crippen LogP contribution < -0.4 is 11.1 Å². The van der Waals surface area contributed by atoms with E-state index in [1.165, 1.54) is 19.0 Å². The number of rotatable bonds is 3. The highest BCUT2D eigenvalue weighted by Gasteiger charge is 2.20. The zero-order chi connectivity index (χ0) is 12.3. The van der Waals surface area contributed by atoms with E-state index in [1.807, 2.05) is 0 Å². The third-order valence-electron chi connectivity index (χ3n) is 3.32. The van der Waals surface area contributed by atoms with Crippen molar-refractivity contribution >= 4 is 11.6 Å². The Morgan fingerprint density at radius 3 is 3.18 bits per heavy atom. The fourth-order valence-corrected chi connectivity index (χ4v) is 2.18. The molecule has 0 bridgehead atoms. The molecule has 0 aromatic carbocycles. The SMILES string of the molecule is CN1CCCCC1CNC(=O)c1[nH]ncc1N. The Morgan fingerprint density at radius 2 is 2.53 bits per heavy atom. The van der Waals surface area contributed by atoms with Crippen LogP contribution in [0.25, 0.3) is 0 Å². The van der Waals surface area contributed by atoms with Gasteiger partial charge in [-0.1, -0.05) is 6.42 Å². The number of nitrogens with two attached hydrogens (primary N) is 1. The molecule has 1 aromatic heterocycles. The van der Waals surface area contributed by atoms with Crippen molar-refractivity contribution in [1.29, 1.82) is 0 Å². The van der Waals surface area contributed by atoms with Crippen LogP contribution in [0.15, 0.2) is 6.20 Å². The second-order valence-electron chi connectivity index (χ2n) is 4.54. The van der Waals surface area contributed by atoms with Crippen LogP contribution in [0.4, 0.5) is 5.69 Å². The van der Waals surface area contributed by atoms with Gasteiger partial charge in [0, 0.05) is 12.6 Å². The number of carbonyl (C=O) groups excluding carboxylic acids is 1. The summed E-state index contributed by atoms with van der Waals surface area (Å²) in [6.07, 6.45) is 5.06. The highest BCUT2D eigenvalue weighted by molar-refractivity contribution is 5.96. The van der Waals surface area contributed by atoms with Gasteiger partial charge in [0.25, 0.3) is 5.91 Å². The highest BCUT2D eigenvalue weighted by Crippen LogP contribution is 2.14. The number of likely N-dealkylation sites (N-methyl/N-ethyl adjacent to an activating group) is 1. The standard InChI is InChI=1S/C11H19N5O/c1-16-5-3-2-4-8(16)6-13-11(17)10-9(12)7-14-15-10/h7-8H,2-6,12H2,1H3,(H,13,17)(H,14,15). The molecular formula is C11H19N5O. The number of likely N-dealkylation sites (tertiary alicyclic amines) is 1. The summed E-state index contributed by atoms with van der Waals surface area (Å²) < 4.78 is 0. The van der Waals surface area contributed by atoms with Crippen LogP contribution in [0, 0.1) is 0 Å². The molecule has 1 saturated heterocycles. The van der Waals surface area contributed by atoms with Crippen molar-refractivity contribution in [3.05, 3.63) is 11.9 Å². The Labute approximate surface area is 101 Å². The van der Waals surface area contributed by atoms with Crippen molar-refractivity contribution in [2.45, 2.75) is 25.3 Å². The molecule has 2 heterocycles. The van der Waals surface area contributed by atoms with Crippen molar-refractivity contribution < 1.29 is 4.79 Å². The van der Waals surface area contributed by atoms with Gasteiger partial charge in [-0.05, 0) is 26.4 Å². The lowest BCUT2D eigenvalue weighted by Crippen LogP contribution is -2.44. The van der Waals surface area contributed by atoms with E-state index in [9.17, 15) is 4.79 Å². The summed E-state index contributed by atoms with van der Waals surface area (Å²) in [5, 5.41) is 9.23. The van der Waals surface area contributed by atoms with E-state index in [2.05, 4.69) is 27.5 Å². The smallest absolute Gasteiger partial charge is 0.271 e. The number of piperidine rings is 1. The van der Waals surface area contributed by atoms with Crippen LogP contribution in [0.5, 0.6) is 0 Å². The summed E-state index contributed by atoms with van der Waals surface area (Å²) in [5.74, 6) is -0.182. The molecule has 1 atom stereocenters. The molecule has 0 spiro atoms. The first-order valence-corrected chi connectivity index (χ1v) is 5.95. The largest absolute Gasteiger partial charge is 0.396 e. The third kappa shape index (κ3) is 2.76. The summed E-state index contributed by atoms with van der Waals surface area (Å²) in [4.78, 5) is 14.1. The Hall–Kier alpha value is -1.56. The second kappa shape index (κ2) is 5.18. The van der Waals surface area contributed by atoms with Crippen molar-refractivity contribution in [3.63, 3.8) is 0 Å². The first kappa shape index (κ1) is 11.9. The number of H-pyrrole nitrogens is 1. The molecule has 4 N–H and O–H groups in total. The molecular weight excluding hydrogens is 218 g/mol. The van der Waals surface area contributed by atoms with E-state index in [0.29, 0.717) is 24.0 Å². The van der Waals surface area contributed by atoms with Gasteiger partial charge in [-0.2, -0.15) is 5.10 Å². The van der Waals surface area contributed by atoms with E-state index in [4.69, 9.17) is 5.73 Å². The normalized spacial score (nSPS) is 21.4. The lowest BCUT2D eigenvalue weighted by Gasteiger charge is -2.32. The fraction of sp³-hybridized carbons (Fsp3) is 0.636. The lowest BCUT2D eigenvalue weighted by atomic mass is 10.0. The molecule has 1 amide bonds. The molecule has 2 rings (SSSR count). The minimum absolute atomic E-state index is 0.182. The zero-order valence-corrected chi connectivity index (χ0v) is 10.1. The van der Waals surface area contributed by atoms with Crippen LogP contribution in [-0.4, -0.2) is 47.2 Å². The van der Waals surface area contributed by atoms with Gasteiger partial charge in [0.1, 0.15) is 5.69 Å². The van der Waals surface area contributed by atoms with Gasteiger partial charge in [0.2, 0.25) is 0 Å². The highest BCUT2D eigenvalue weighted by atomic mass is 16.1. The number of amides is 1. The Bertz CT molecular complexity index is 389. The van der Waals surface area contributed by atoms with Crippen LogP contribution >= 0.6 is 0 Å². The van der Waals surface area contributed by atoms with Gasteiger partial charge in [-0.3, -0.25) is 9.89 Å². The lowest BCUT2D eigenvalue weighted by molar-refractivity contribution is 0.0924. The molecule has 1 unspecified atom stereocenters. The van der Waals surface area contributed by atoms with Crippen LogP contribution in [-0.2, 0) is 0 Å². The van der Waals surface area contributed by atoms with E-state index in [0.717, 1.165) is 13.0 Å². The molecule has 0 aliphatic carbocycles. The summed E-state index contributed by atoms with van der Waals surface area (Å²) in [5.41, 5.74) is 6.35. The Balaban J connectivity index is 1.86.